The molecule has 5 heteroatoms. The number of para-hydroxylation sites is 3. The Morgan fingerprint density at radius 3 is 1.51 bits per heavy atom. The predicted molar refractivity (Wildman–Crippen MR) is 279 cm³/mol. The highest BCUT2D eigenvalue weighted by Gasteiger charge is 2.20. The second-order valence-electron chi connectivity index (χ2n) is 16.9. The third-order valence-electron chi connectivity index (χ3n) is 12.8. The molecule has 13 rings (SSSR count). The SMILES string of the molecule is [2H]c1c([2H])c([2H])c2c(c1[2H])c1cccc(-c3cc(-c4ccccc4)cc(-c4ccccc4)c3)c1n2-c1ccc(-c2nc(-c3ccc(-c4ccccc4)cc3)nc(-c3cccc4oc5ccccc5c34)n2)cc1. The van der Waals surface area contributed by atoms with E-state index in [1.807, 2.05) is 144 Å². The summed E-state index contributed by atoms with van der Waals surface area (Å²) in [5, 5.41) is 3.06. The molecule has 13 aromatic rings. The van der Waals surface area contributed by atoms with Gasteiger partial charge in [-0.05, 0) is 99.6 Å². The number of hydrogen-bond acceptors (Lipinski definition) is 4. The zero-order valence-electron chi connectivity index (χ0n) is 40.5. The van der Waals surface area contributed by atoms with E-state index in [1.165, 1.54) is 0 Å². The Balaban J connectivity index is 1.01. The Hall–Kier alpha value is -9.19. The second kappa shape index (κ2) is 16.4. The summed E-state index contributed by atoms with van der Waals surface area (Å²) in [6.45, 7) is 0. The van der Waals surface area contributed by atoms with Crippen LogP contribution in [0.2, 0.25) is 0 Å². The molecule has 3 heterocycles. The van der Waals surface area contributed by atoms with Crippen molar-refractivity contribution in [2.75, 3.05) is 0 Å². The molecule has 68 heavy (non-hydrogen) atoms. The Bertz CT molecular complexity index is 4170. The molecule has 0 amide bonds. The minimum atomic E-state index is -0.297. The molecule has 3 aromatic heterocycles. The molecule has 0 spiro atoms. The van der Waals surface area contributed by atoms with E-state index in [0.29, 0.717) is 34.1 Å². The van der Waals surface area contributed by atoms with Gasteiger partial charge in [0.1, 0.15) is 11.2 Å². The van der Waals surface area contributed by atoms with Crippen molar-refractivity contribution in [3.63, 3.8) is 0 Å². The third kappa shape index (κ3) is 6.84. The van der Waals surface area contributed by atoms with Crippen molar-refractivity contribution in [1.29, 1.82) is 0 Å². The van der Waals surface area contributed by atoms with E-state index in [1.54, 1.807) is 0 Å². The number of aromatic nitrogens is 4. The van der Waals surface area contributed by atoms with Crippen molar-refractivity contribution in [3.8, 4) is 84.4 Å². The molecule has 0 bridgehead atoms. The highest BCUT2D eigenvalue weighted by atomic mass is 16.3. The zero-order chi connectivity index (χ0) is 48.5. The molecule has 0 saturated heterocycles. The van der Waals surface area contributed by atoms with Crippen molar-refractivity contribution >= 4 is 43.7 Å². The average molecular weight is 873 g/mol. The monoisotopic (exact) mass is 872 g/mol. The molecular weight excluding hydrogens is 829 g/mol. The number of furan rings is 1. The van der Waals surface area contributed by atoms with Crippen molar-refractivity contribution in [2.45, 2.75) is 0 Å². The maximum Gasteiger partial charge on any atom is 0.164 e. The van der Waals surface area contributed by atoms with Crippen LogP contribution >= 0.6 is 0 Å². The molecule has 0 N–H and O–H groups in total. The second-order valence-corrected chi connectivity index (χ2v) is 16.9. The van der Waals surface area contributed by atoms with E-state index in [4.69, 9.17) is 22.1 Å². The van der Waals surface area contributed by atoms with Gasteiger partial charge in [-0.1, -0.05) is 182 Å². The fourth-order valence-electron chi connectivity index (χ4n) is 9.55. The van der Waals surface area contributed by atoms with Crippen LogP contribution in [0.3, 0.4) is 0 Å². The zero-order valence-corrected chi connectivity index (χ0v) is 36.5. The lowest BCUT2D eigenvalue weighted by atomic mass is 9.92. The summed E-state index contributed by atoms with van der Waals surface area (Å²) < 4.78 is 44.7. The van der Waals surface area contributed by atoms with E-state index >= 15 is 0 Å². The van der Waals surface area contributed by atoms with E-state index in [0.717, 1.165) is 94.0 Å². The summed E-state index contributed by atoms with van der Waals surface area (Å²) in [5.41, 5.74) is 14.0. The minimum Gasteiger partial charge on any atom is -0.456 e. The van der Waals surface area contributed by atoms with E-state index in [9.17, 15) is 2.74 Å². The van der Waals surface area contributed by atoms with Crippen LogP contribution in [-0.4, -0.2) is 19.5 Å². The summed E-state index contributed by atoms with van der Waals surface area (Å²) in [6, 6.07) is 72.8. The van der Waals surface area contributed by atoms with Crippen LogP contribution < -0.4 is 0 Å². The van der Waals surface area contributed by atoms with Crippen LogP contribution in [0, 0.1) is 0 Å². The summed E-state index contributed by atoms with van der Waals surface area (Å²) in [7, 11) is 0. The molecule has 0 aliphatic carbocycles. The van der Waals surface area contributed by atoms with Gasteiger partial charge in [-0.3, -0.25) is 0 Å². The number of hydrogen-bond donors (Lipinski definition) is 0. The van der Waals surface area contributed by atoms with Crippen LogP contribution in [-0.2, 0) is 0 Å². The molecule has 318 valence electrons. The number of rotatable bonds is 8. The van der Waals surface area contributed by atoms with Crippen LogP contribution in [0.15, 0.2) is 247 Å². The first-order valence-corrected chi connectivity index (χ1v) is 22.6. The minimum absolute atomic E-state index is 0.0889. The van der Waals surface area contributed by atoms with Gasteiger partial charge in [0.25, 0.3) is 0 Å². The quantitative estimate of drug-likeness (QED) is 0.153. The van der Waals surface area contributed by atoms with Crippen molar-refractivity contribution < 1.29 is 9.90 Å². The first-order valence-electron chi connectivity index (χ1n) is 24.6. The van der Waals surface area contributed by atoms with Gasteiger partial charge in [0.15, 0.2) is 17.5 Å². The van der Waals surface area contributed by atoms with Gasteiger partial charge in [0, 0.05) is 49.5 Å². The van der Waals surface area contributed by atoms with E-state index < -0.39 is 0 Å². The summed E-state index contributed by atoms with van der Waals surface area (Å²) in [5.74, 6) is 1.48. The van der Waals surface area contributed by atoms with Gasteiger partial charge >= 0.3 is 0 Å². The van der Waals surface area contributed by atoms with Gasteiger partial charge in [0.2, 0.25) is 0 Å². The van der Waals surface area contributed by atoms with Crippen LogP contribution in [0.25, 0.3) is 128 Å². The lowest BCUT2D eigenvalue weighted by Gasteiger charge is -2.15. The fraction of sp³-hybridized carbons (Fsp3) is 0. The maximum absolute atomic E-state index is 9.42. The highest BCUT2D eigenvalue weighted by Crippen LogP contribution is 2.42. The Morgan fingerprint density at radius 2 is 0.838 bits per heavy atom. The third-order valence-corrected chi connectivity index (χ3v) is 12.8. The number of nitrogens with zero attached hydrogens (tertiary/aromatic N) is 4. The Morgan fingerprint density at radius 1 is 0.353 bits per heavy atom. The Labute approximate surface area is 398 Å². The molecule has 5 nitrogen and oxygen atoms in total. The smallest absolute Gasteiger partial charge is 0.164 e. The molecule has 0 atom stereocenters. The molecule has 0 fully saturated rings. The van der Waals surface area contributed by atoms with Gasteiger partial charge in [-0.25, -0.2) is 15.0 Å². The maximum atomic E-state index is 9.42. The first-order chi connectivity index (χ1) is 35.4. The number of fused-ring (bicyclic) bond motifs is 6. The largest absolute Gasteiger partial charge is 0.456 e. The molecule has 0 aliphatic heterocycles. The Kier molecular flexibility index (Phi) is 8.45. The van der Waals surface area contributed by atoms with E-state index in [2.05, 4.69) is 78.9 Å². The molecule has 0 saturated carbocycles. The highest BCUT2D eigenvalue weighted by molar-refractivity contribution is 6.14. The van der Waals surface area contributed by atoms with Crippen LogP contribution in [0.4, 0.5) is 0 Å². The van der Waals surface area contributed by atoms with Gasteiger partial charge in [-0.2, -0.15) is 0 Å². The van der Waals surface area contributed by atoms with Crippen LogP contribution in [0.1, 0.15) is 5.48 Å². The molecule has 0 radical (unpaired) electrons. The standard InChI is InChI=1S/C63H40N4O/c1-4-16-41(17-5-1)44-30-32-45(33-31-44)61-64-62(66-63(65-61)55-26-15-29-58-59(55)54-23-11-13-28-57(54)68-58)46-34-36-50(37-35-46)67-56-27-12-10-22-52(56)53-25-14-24-51(60(53)67)49-39-47(42-18-6-2-7-19-42)38-48(40-49)43-20-8-3-9-21-43/h1-40H/i10D,12D,22D,27D. The first kappa shape index (κ1) is 35.1. The fourth-order valence-corrected chi connectivity index (χ4v) is 9.55. The lowest BCUT2D eigenvalue weighted by molar-refractivity contribution is 0.669. The van der Waals surface area contributed by atoms with Crippen molar-refractivity contribution in [3.05, 3.63) is 243 Å². The van der Waals surface area contributed by atoms with Crippen LogP contribution in [0.5, 0.6) is 0 Å². The van der Waals surface area contributed by atoms with Gasteiger partial charge in [-0.15, -0.1) is 0 Å². The van der Waals surface area contributed by atoms with E-state index in [-0.39, 0.29) is 24.2 Å². The average Bonchev–Trinajstić information content (AvgIpc) is 4.01. The predicted octanol–water partition coefficient (Wildman–Crippen LogP) is 16.5. The van der Waals surface area contributed by atoms with Gasteiger partial charge < -0.3 is 8.98 Å². The van der Waals surface area contributed by atoms with Crippen molar-refractivity contribution in [1.82, 2.24) is 19.5 Å². The topological polar surface area (TPSA) is 56.7 Å². The van der Waals surface area contributed by atoms with Gasteiger partial charge in [0.05, 0.1) is 16.5 Å². The van der Waals surface area contributed by atoms with Crippen molar-refractivity contribution in [2.24, 2.45) is 0 Å². The molecule has 10 aromatic carbocycles. The number of benzene rings is 10. The summed E-state index contributed by atoms with van der Waals surface area (Å²) in [6.07, 6.45) is 0. The normalized spacial score (nSPS) is 12.4. The molecule has 0 aliphatic rings. The lowest BCUT2D eigenvalue weighted by Crippen LogP contribution is -2.01. The summed E-state index contributed by atoms with van der Waals surface area (Å²) >= 11 is 0. The molecule has 0 unspecified atom stereocenters. The molecular formula is C63H40N4O. The summed E-state index contributed by atoms with van der Waals surface area (Å²) in [4.78, 5) is 15.5.